The molecule has 0 saturated carbocycles. The summed E-state index contributed by atoms with van der Waals surface area (Å²) in [6.45, 7) is 17.6. The molecule has 1 aliphatic carbocycles. The highest BCUT2D eigenvalue weighted by Gasteiger charge is 2.32. The first-order valence-electron chi connectivity index (χ1n) is 10.3. The molecule has 26 heavy (non-hydrogen) atoms. The molecule has 1 N–H and O–H groups in total. The summed E-state index contributed by atoms with van der Waals surface area (Å²) in [4.78, 5) is 0. The minimum Gasteiger partial charge on any atom is -0.508 e. The predicted octanol–water partition coefficient (Wildman–Crippen LogP) is 7.44. The van der Waals surface area contributed by atoms with Crippen LogP contribution in [-0.2, 0) is 11.8 Å². The normalized spacial score (nSPS) is 20.8. The molecule has 0 amide bonds. The Labute approximate surface area is 161 Å². The van der Waals surface area contributed by atoms with E-state index in [0.29, 0.717) is 11.7 Å². The third-order valence-electron chi connectivity index (χ3n) is 5.81. The number of aryl methyl sites for hydroxylation is 1. The first kappa shape index (κ1) is 20.8. The third kappa shape index (κ3) is 4.81. The standard InChI is InChI=1S/C25H38O/c1-8-9-10-11-19-15-22(25(5,6)7)24(23(26)16-19)21-14-18(4)12-13-20(21)17(2)3/h14-16,20-21,26H,2,8-13H2,1,3-7H3/t20-,21-/m1/s1. The molecule has 1 aliphatic rings. The summed E-state index contributed by atoms with van der Waals surface area (Å²) in [6.07, 6.45) is 9.35. The molecule has 0 unspecified atom stereocenters. The van der Waals surface area contributed by atoms with E-state index < -0.39 is 0 Å². The topological polar surface area (TPSA) is 20.2 Å². The summed E-state index contributed by atoms with van der Waals surface area (Å²) in [5.74, 6) is 1.13. The van der Waals surface area contributed by atoms with Gasteiger partial charge in [-0.3, -0.25) is 0 Å². The maximum absolute atomic E-state index is 11.1. The van der Waals surface area contributed by atoms with E-state index in [2.05, 4.69) is 60.3 Å². The van der Waals surface area contributed by atoms with E-state index in [4.69, 9.17) is 0 Å². The summed E-state index contributed by atoms with van der Waals surface area (Å²) in [5, 5.41) is 11.1. The quantitative estimate of drug-likeness (QED) is 0.416. The SMILES string of the molecule is C=C(C)[C@H]1CCC(C)=C[C@H]1c1c(O)cc(CCCCC)cc1C(C)(C)C. The Morgan fingerprint density at radius 1 is 1.23 bits per heavy atom. The molecule has 2 atom stereocenters. The number of phenolic OH excluding ortho intramolecular Hbond substituents is 1. The molecule has 0 bridgehead atoms. The van der Waals surface area contributed by atoms with Crippen LogP contribution in [0.3, 0.4) is 0 Å². The third-order valence-corrected chi connectivity index (χ3v) is 5.81. The number of allylic oxidation sites excluding steroid dienone is 3. The molecule has 0 saturated heterocycles. The van der Waals surface area contributed by atoms with Gasteiger partial charge in [0.05, 0.1) is 0 Å². The van der Waals surface area contributed by atoms with E-state index in [-0.39, 0.29) is 11.3 Å². The van der Waals surface area contributed by atoms with Crippen molar-refractivity contribution in [3.63, 3.8) is 0 Å². The highest BCUT2D eigenvalue weighted by Crippen LogP contribution is 2.46. The van der Waals surface area contributed by atoms with E-state index in [0.717, 1.165) is 24.8 Å². The van der Waals surface area contributed by atoms with Gasteiger partial charge in [-0.25, -0.2) is 0 Å². The van der Waals surface area contributed by atoms with Gasteiger partial charge in [-0.05, 0) is 68.1 Å². The Morgan fingerprint density at radius 2 is 1.92 bits per heavy atom. The Balaban J connectivity index is 2.55. The molecule has 1 heteroatoms. The van der Waals surface area contributed by atoms with E-state index in [9.17, 15) is 5.11 Å². The Hall–Kier alpha value is -1.50. The van der Waals surface area contributed by atoms with Crippen molar-refractivity contribution in [2.75, 3.05) is 0 Å². The van der Waals surface area contributed by atoms with E-state index >= 15 is 0 Å². The fourth-order valence-electron chi connectivity index (χ4n) is 4.30. The van der Waals surface area contributed by atoms with Crippen LogP contribution in [0.4, 0.5) is 0 Å². The second-order valence-corrected chi connectivity index (χ2v) is 9.31. The number of rotatable bonds is 6. The molecule has 2 rings (SSSR count). The van der Waals surface area contributed by atoms with Crippen LogP contribution in [-0.4, -0.2) is 5.11 Å². The molecule has 0 spiro atoms. The molecule has 1 nitrogen and oxygen atoms in total. The van der Waals surface area contributed by atoms with Crippen molar-refractivity contribution in [3.05, 3.63) is 52.6 Å². The molecular weight excluding hydrogens is 316 g/mol. The zero-order valence-corrected chi connectivity index (χ0v) is 17.8. The van der Waals surface area contributed by atoms with Crippen molar-refractivity contribution in [2.24, 2.45) is 5.92 Å². The van der Waals surface area contributed by atoms with Gasteiger partial charge in [0.15, 0.2) is 0 Å². The van der Waals surface area contributed by atoms with Gasteiger partial charge in [-0.15, -0.1) is 0 Å². The average Bonchev–Trinajstić information content (AvgIpc) is 2.53. The summed E-state index contributed by atoms with van der Waals surface area (Å²) < 4.78 is 0. The van der Waals surface area contributed by atoms with Crippen molar-refractivity contribution >= 4 is 0 Å². The van der Waals surface area contributed by atoms with E-state index in [1.165, 1.54) is 41.5 Å². The second-order valence-electron chi connectivity index (χ2n) is 9.31. The minimum atomic E-state index is 0.00635. The van der Waals surface area contributed by atoms with Crippen LogP contribution in [0.15, 0.2) is 35.9 Å². The smallest absolute Gasteiger partial charge is 0.119 e. The van der Waals surface area contributed by atoms with Crippen LogP contribution in [0.5, 0.6) is 5.75 Å². The number of hydrogen-bond donors (Lipinski definition) is 1. The average molecular weight is 355 g/mol. The number of hydrogen-bond acceptors (Lipinski definition) is 1. The Bertz CT molecular complexity index is 672. The van der Waals surface area contributed by atoms with Crippen molar-refractivity contribution in [1.29, 1.82) is 0 Å². The molecule has 0 aliphatic heterocycles. The van der Waals surface area contributed by atoms with E-state index in [1.54, 1.807) is 0 Å². The lowest BCUT2D eigenvalue weighted by molar-refractivity contribution is 0.426. The lowest BCUT2D eigenvalue weighted by Crippen LogP contribution is -2.22. The van der Waals surface area contributed by atoms with Gasteiger partial charge in [-0.1, -0.05) is 70.4 Å². The number of unbranched alkanes of at least 4 members (excludes halogenated alkanes) is 2. The van der Waals surface area contributed by atoms with Gasteiger partial charge in [-0.2, -0.15) is 0 Å². The maximum Gasteiger partial charge on any atom is 0.119 e. The fraction of sp³-hybridized carbons (Fsp3) is 0.600. The van der Waals surface area contributed by atoms with Crippen LogP contribution >= 0.6 is 0 Å². The first-order valence-corrected chi connectivity index (χ1v) is 10.3. The van der Waals surface area contributed by atoms with Crippen LogP contribution in [0, 0.1) is 5.92 Å². The molecular formula is C25H38O. The van der Waals surface area contributed by atoms with Gasteiger partial charge in [0.2, 0.25) is 0 Å². The Morgan fingerprint density at radius 3 is 2.50 bits per heavy atom. The maximum atomic E-state index is 11.1. The van der Waals surface area contributed by atoms with Crippen molar-refractivity contribution in [1.82, 2.24) is 0 Å². The van der Waals surface area contributed by atoms with Crippen LogP contribution < -0.4 is 0 Å². The number of aromatic hydroxyl groups is 1. The van der Waals surface area contributed by atoms with Crippen molar-refractivity contribution in [3.8, 4) is 5.75 Å². The summed E-state index contributed by atoms with van der Waals surface area (Å²) in [5.41, 5.74) is 6.36. The van der Waals surface area contributed by atoms with Gasteiger partial charge in [0.25, 0.3) is 0 Å². The lowest BCUT2D eigenvalue weighted by atomic mass is 9.69. The minimum absolute atomic E-state index is 0.00635. The molecule has 0 heterocycles. The predicted molar refractivity (Wildman–Crippen MR) is 114 cm³/mol. The van der Waals surface area contributed by atoms with Crippen molar-refractivity contribution in [2.45, 2.75) is 91.4 Å². The number of phenols is 1. The molecule has 0 fully saturated rings. The summed E-state index contributed by atoms with van der Waals surface area (Å²) in [6, 6.07) is 4.38. The van der Waals surface area contributed by atoms with Crippen molar-refractivity contribution < 1.29 is 5.11 Å². The van der Waals surface area contributed by atoms with Gasteiger partial charge >= 0.3 is 0 Å². The lowest BCUT2D eigenvalue weighted by Gasteiger charge is -2.35. The van der Waals surface area contributed by atoms with Gasteiger partial charge < -0.3 is 5.11 Å². The zero-order valence-electron chi connectivity index (χ0n) is 17.8. The monoisotopic (exact) mass is 354 g/mol. The summed E-state index contributed by atoms with van der Waals surface area (Å²) >= 11 is 0. The van der Waals surface area contributed by atoms with E-state index in [1.807, 2.05) is 6.07 Å². The Kier molecular flexibility index (Phi) is 6.77. The van der Waals surface area contributed by atoms with Crippen LogP contribution in [0.2, 0.25) is 0 Å². The van der Waals surface area contributed by atoms with Gasteiger partial charge in [0, 0.05) is 11.5 Å². The summed E-state index contributed by atoms with van der Waals surface area (Å²) in [7, 11) is 0. The highest BCUT2D eigenvalue weighted by atomic mass is 16.3. The highest BCUT2D eigenvalue weighted by molar-refractivity contribution is 5.51. The fourth-order valence-corrected chi connectivity index (χ4v) is 4.30. The second kappa shape index (κ2) is 8.46. The zero-order chi connectivity index (χ0) is 19.5. The first-order chi connectivity index (χ1) is 12.1. The van der Waals surface area contributed by atoms with Crippen LogP contribution in [0.1, 0.15) is 96.3 Å². The van der Waals surface area contributed by atoms with Crippen LogP contribution in [0.25, 0.3) is 0 Å². The molecule has 144 valence electrons. The molecule has 0 aromatic heterocycles. The molecule has 0 radical (unpaired) electrons. The largest absolute Gasteiger partial charge is 0.508 e. The molecule has 1 aromatic rings. The number of benzene rings is 1. The molecule has 1 aromatic carbocycles. The van der Waals surface area contributed by atoms with Gasteiger partial charge in [0.1, 0.15) is 5.75 Å².